The van der Waals surface area contributed by atoms with Crippen LogP contribution in [0.25, 0.3) is 0 Å². The molecular weight excluding hydrogens is 266 g/mol. The molecule has 0 saturated carbocycles. The van der Waals surface area contributed by atoms with Gasteiger partial charge >= 0.3 is 0 Å². The predicted octanol–water partition coefficient (Wildman–Crippen LogP) is 4.08. The van der Waals surface area contributed by atoms with Crippen LogP contribution in [0.3, 0.4) is 0 Å². The first-order valence-corrected chi connectivity index (χ1v) is 8.15. The number of hydrogen-bond acceptors (Lipinski definition) is 3. The minimum atomic E-state index is 0.297. The van der Waals surface area contributed by atoms with Crippen molar-refractivity contribution in [2.24, 2.45) is 0 Å². The Bertz CT molecular complexity index is 590. The average Bonchev–Trinajstić information content (AvgIpc) is 2.90. The van der Waals surface area contributed by atoms with Crippen LogP contribution in [-0.2, 0) is 6.42 Å². The van der Waals surface area contributed by atoms with Crippen LogP contribution in [0.5, 0.6) is 5.75 Å². The first-order valence-electron chi connectivity index (χ1n) is 7.33. The monoisotopic (exact) mass is 287 g/mol. The Labute approximate surface area is 124 Å². The maximum absolute atomic E-state index is 5.71. The molecule has 1 atom stereocenters. The van der Waals surface area contributed by atoms with Gasteiger partial charge in [0.2, 0.25) is 0 Å². The zero-order valence-corrected chi connectivity index (χ0v) is 12.9. The van der Waals surface area contributed by atoms with E-state index in [0.717, 1.165) is 31.7 Å². The lowest BCUT2D eigenvalue weighted by Gasteiger charge is -2.22. The van der Waals surface area contributed by atoms with Crippen LogP contribution in [-0.4, -0.2) is 13.2 Å². The quantitative estimate of drug-likeness (QED) is 0.915. The Morgan fingerprint density at radius 2 is 2.20 bits per heavy atom. The maximum atomic E-state index is 5.71. The molecule has 1 N–H and O–H groups in total. The van der Waals surface area contributed by atoms with Crippen molar-refractivity contribution in [1.82, 2.24) is 5.32 Å². The minimum Gasteiger partial charge on any atom is -0.493 e. The summed E-state index contributed by atoms with van der Waals surface area (Å²) in [6, 6.07) is 11.4. The third kappa shape index (κ3) is 2.74. The van der Waals surface area contributed by atoms with Gasteiger partial charge in [-0.2, -0.15) is 0 Å². The molecule has 0 radical (unpaired) electrons. The Morgan fingerprint density at radius 3 is 2.95 bits per heavy atom. The first kappa shape index (κ1) is 13.7. The highest BCUT2D eigenvalue weighted by molar-refractivity contribution is 7.12. The van der Waals surface area contributed by atoms with E-state index in [1.807, 2.05) is 11.3 Å². The van der Waals surface area contributed by atoms with Crippen molar-refractivity contribution in [1.29, 1.82) is 0 Å². The fourth-order valence-corrected chi connectivity index (χ4v) is 3.74. The number of nitrogens with one attached hydrogen (secondary N) is 1. The number of fused-ring (bicyclic) bond motifs is 1. The van der Waals surface area contributed by atoms with E-state index in [2.05, 4.69) is 49.5 Å². The molecule has 0 saturated heterocycles. The maximum Gasteiger partial charge on any atom is 0.122 e. The zero-order valence-electron chi connectivity index (χ0n) is 12.1. The lowest BCUT2D eigenvalue weighted by Crippen LogP contribution is -2.21. The molecule has 0 fully saturated rings. The molecule has 0 bridgehead atoms. The first-order chi connectivity index (χ1) is 9.78. The number of ether oxygens (including phenoxy) is 1. The largest absolute Gasteiger partial charge is 0.493 e. The third-order valence-corrected chi connectivity index (χ3v) is 4.79. The van der Waals surface area contributed by atoms with E-state index in [-0.39, 0.29) is 0 Å². The van der Waals surface area contributed by atoms with Crippen LogP contribution in [0, 0.1) is 6.92 Å². The van der Waals surface area contributed by atoms with Crippen molar-refractivity contribution in [3.05, 3.63) is 51.2 Å². The number of hydrogen-bond donors (Lipinski definition) is 1. The summed E-state index contributed by atoms with van der Waals surface area (Å²) < 4.78 is 5.71. The minimum absolute atomic E-state index is 0.297. The van der Waals surface area contributed by atoms with Crippen LogP contribution in [0.1, 0.15) is 40.3 Å². The second-order valence-corrected chi connectivity index (χ2v) is 6.58. The van der Waals surface area contributed by atoms with E-state index in [4.69, 9.17) is 4.74 Å². The van der Waals surface area contributed by atoms with Gasteiger partial charge in [0.15, 0.2) is 0 Å². The van der Waals surface area contributed by atoms with E-state index >= 15 is 0 Å². The molecule has 3 heteroatoms. The van der Waals surface area contributed by atoms with Gasteiger partial charge in [-0.1, -0.05) is 19.1 Å². The SMILES string of the molecule is CCNC(c1ccc2c(c1)CCCO2)c1ccc(C)s1. The molecule has 0 aliphatic carbocycles. The number of rotatable bonds is 4. The van der Waals surface area contributed by atoms with E-state index in [1.165, 1.54) is 20.9 Å². The van der Waals surface area contributed by atoms with Crippen LogP contribution in [0.4, 0.5) is 0 Å². The van der Waals surface area contributed by atoms with Gasteiger partial charge in [-0.3, -0.25) is 0 Å². The Hall–Kier alpha value is -1.32. The molecular formula is C17H21NOS. The lowest BCUT2D eigenvalue weighted by molar-refractivity contribution is 0.288. The Kier molecular flexibility index (Phi) is 4.08. The zero-order chi connectivity index (χ0) is 13.9. The van der Waals surface area contributed by atoms with Gasteiger partial charge in [0.1, 0.15) is 5.75 Å². The summed E-state index contributed by atoms with van der Waals surface area (Å²) in [6.07, 6.45) is 2.26. The molecule has 1 aliphatic heterocycles. The summed E-state index contributed by atoms with van der Waals surface area (Å²) >= 11 is 1.87. The van der Waals surface area contributed by atoms with Crippen molar-refractivity contribution in [2.45, 2.75) is 32.7 Å². The standard InChI is InChI=1S/C17H21NOS/c1-3-18-17(16-9-6-12(2)20-16)14-7-8-15-13(11-14)5-4-10-19-15/h6-9,11,17-18H,3-5,10H2,1-2H3. The second kappa shape index (κ2) is 5.98. The lowest BCUT2D eigenvalue weighted by atomic mass is 9.98. The summed E-state index contributed by atoms with van der Waals surface area (Å²) in [5.41, 5.74) is 2.70. The number of thiophene rings is 1. The van der Waals surface area contributed by atoms with Crippen molar-refractivity contribution in [3.8, 4) is 5.75 Å². The number of aryl methyl sites for hydroxylation is 2. The summed E-state index contributed by atoms with van der Waals surface area (Å²) in [4.78, 5) is 2.75. The van der Waals surface area contributed by atoms with E-state index in [9.17, 15) is 0 Å². The van der Waals surface area contributed by atoms with Crippen molar-refractivity contribution >= 4 is 11.3 Å². The third-order valence-electron chi connectivity index (χ3n) is 3.72. The average molecular weight is 287 g/mol. The van der Waals surface area contributed by atoms with Crippen LogP contribution in [0.15, 0.2) is 30.3 Å². The van der Waals surface area contributed by atoms with E-state index < -0.39 is 0 Å². The molecule has 106 valence electrons. The summed E-state index contributed by atoms with van der Waals surface area (Å²) in [5.74, 6) is 1.07. The Morgan fingerprint density at radius 1 is 1.30 bits per heavy atom. The van der Waals surface area contributed by atoms with Gasteiger partial charge < -0.3 is 10.1 Å². The molecule has 2 nitrogen and oxygen atoms in total. The topological polar surface area (TPSA) is 21.3 Å². The van der Waals surface area contributed by atoms with Gasteiger partial charge in [0, 0.05) is 9.75 Å². The molecule has 0 amide bonds. The molecule has 1 unspecified atom stereocenters. The highest BCUT2D eigenvalue weighted by atomic mass is 32.1. The van der Waals surface area contributed by atoms with Crippen molar-refractivity contribution in [2.75, 3.05) is 13.2 Å². The van der Waals surface area contributed by atoms with Crippen molar-refractivity contribution < 1.29 is 4.74 Å². The smallest absolute Gasteiger partial charge is 0.122 e. The van der Waals surface area contributed by atoms with Gasteiger partial charge in [-0.25, -0.2) is 0 Å². The van der Waals surface area contributed by atoms with Gasteiger partial charge in [0.05, 0.1) is 12.6 Å². The number of benzene rings is 1. The van der Waals surface area contributed by atoms with Gasteiger partial charge in [-0.05, 0) is 55.6 Å². The summed E-state index contributed by atoms with van der Waals surface area (Å²) in [6.45, 7) is 6.15. The molecule has 20 heavy (non-hydrogen) atoms. The molecule has 1 aromatic carbocycles. The summed E-state index contributed by atoms with van der Waals surface area (Å²) in [7, 11) is 0. The van der Waals surface area contributed by atoms with Gasteiger partial charge in [-0.15, -0.1) is 11.3 Å². The fraction of sp³-hybridized carbons (Fsp3) is 0.412. The molecule has 1 aromatic heterocycles. The van der Waals surface area contributed by atoms with Crippen LogP contribution in [0.2, 0.25) is 0 Å². The highest BCUT2D eigenvalue weighted by Crippen LogP contribution is 2.32. The highest BCUT2D eigenvalue weighted by Gasteiger charge is 2.18. The summed E-state index contributed by atoms with van der Waals surface area (Å²) in [5, 5.41) is 3.60. The van der Waals surface area contributed by atoms with Crippen LogP contribution >= 0.6 is 11.3 Å². The molecule has 2 heterocycles. The van der Waals surface area contributed by atoms with Crippen LogP contribution < -0.4 is 10.1 Å². The fourth-order valence-electron chi connectivity index (χ4n) is 2.76. The second-order valence-electron chi connectivity index (χ2n) is 5.26. The van der Waals surface area contributed by atoms with Gasteiger partial charge in [0.25, 0.3) is 0 Å². The molecule has 2 aromatic rings. The normalized spacial score (nSPS) is 15.5. The molecule has 3 rings (SSSR count). The van der Waals surface area contributed by atoms with E-state index in [0.29, 0.717) is 6.04 Å². The predicted molar refractivity (Wildman–Crippen MR) is 84.8 cm³/mol. The molecule has 1 aliphatic rings. The Balaban J connectivity index is 1.95. The van der Waals surface area contributed by atoms with Crippen molar-refractivity contribution in [3.63, 3.8) is 0 Å². The van der Waals surface area contributed by atoms with E-state index in [1.54, 1.807) is 0 Å². The molecule has 0 spiro atoms.